The second-order valence-electron chi connectivity index (χ2n) is 4.76. The van der Waals surface area contributed by atoms with Crippen molar-refractivity contribution in [3.8, 4) is 0 Å². The number of benzene rings is 1. The summed E-state index contributed by atoms with van der Waals surface area (Å²) < 4.78 is 0.951. The molecule has 102 valence electrons. The first-order chi connectivity index (χ1) is 9.04. The van der Waals surface area contributed by atoms with Crippen molar-refractivity contribution in [3.63, 3.8) is 0 Å². The average molecular weight is 340 g/mol. The lowest BCUT2D eigenvalue weighted by atomic mass is 9.90. The summed E-state index contributed by atoms with van der Waals surface area (Å²) in [5.74, 6) is -0.0748. The van der Waals surface area contributed by atoms with Gasteiger partial charge in [0.1, 0.15) is 0 Å². The van der Waals surface area contributed by atoms with E-state index in [1.165, 1.54) is 11.1 Å². The largest absolute Gasteiger partial charge is 0.387 e. The number of aryl methyl sites for hydroxylation is 2. The Kier molecular flexibility index (Phi) is 4.79. The lowest BCUT2D eigenvalue weighted by Crippen LogP contribution is -2.20. The molecule has 0 saturated heterocycles. The molecule has 2 nitrogen and oxygen atoms in total. The molecule has 0 bridgehead atoms. The Balaban J connectivity index is 2.34. The highest BCUT2D eigenvalue weighted by molar-refractivity contribution is 9.10. The quantitative estimate of drug-likeness (QED) is 0.887. The highest BCUT2D eigenvalue weighted by Gasteiger charge is 2.24. The van der Waals surface area contributed by atoms with E-state index in [1.807, 2.05) is 11.4 Å². The van der Waals surface area contributed by atoms with Crippen molar-refractivity contribution in [1.82, 2.24) is 0 Å². The lowest BCUT2D eigenvalue weighted by molar-refractivity contribution is 0.150. The summed E-state index contributed by atoms with van der Waals surface area (Å²) in [4.78, 5) is 0.939. The molecule has 0 fully saturated rings. The third kappa shape index (κ3) is 3.08. The number of halogens is 1. The van der Waals surface area contributed by atoms with Gasteiger partial charge in [-0.25, -0.2) is 0 Å². The van der Waals surface area contributed by atoms with Gasteiger partial charge in [0, 0.05) is 21.8 Å². The van der Waals surface area contributed by atoms with E-state index >= 15 is 0 Å². The maximum absolute atomic E-state index is 10.6. The zero-order valence-corrected chi connectivity index (χ0v) is 13.5. The van der Waals surface area contributed by atoms with Crippen LogP contribution in [0, 0.1) is 13.8 Å². The van der Waals surface area contributed by atoms with Gasteiger partial charge in [0.15, 0.2) is 0 Å². The van der Waals surface area contributed by atoms with Gasteiger partial charge in [-0.1, -0.05) is 18.2 Å². The van der Waals surface area contributed by atoms with Crippen molar-refractivity contribution in [2.75, 3.05) is 6.54 Å². The molecule has 2 unspecified atom stereocenters. The molecular formula is C15H18BrNOS. The molecule has 2 rings (SSSR count). The van der Waals surface area contributed by atoms with Crippen molar-refractivity contribution in [2.45, 2.75) is 25.9 Å². The fourth-order valence-corrected chi connectivity index (χ4v) is 3.80. The lowest BCUT2D eigenvalue weighted by Gasteiger charge is -2.22. The Morgan fingerprint density at radius 3 is 2.53 bits per heavy atom. The molecule has 3 N–H and O–H groups in total. The molecule has 1 aromatic carbocycles. The molecule has 2 atom stereocenters. The summed E-state index contributed by atoms with van der Waals surface area (Å²) in [5.41, 5.74) is 9.46. The molecule has 0 amide bonds. The Bertz CT molecular complexity index is 567. The van der Waals surface area contributed by atoms with Crippen LogP contribution in [0.3, 0.4) is 0 Å². The van der Waals surface area contributed by atoms with E-state index in [1.54, 1.807) is 11.3 Å². The van der Waals surface area contributed by atoms with Gasteiger partial charge in [-0.05, 0) is 57.9 Å². The highest BCUT2D eigenvalue weighted by atomic mass is 79.9. The first kappa shape index (κ1) is 14.7. The Hall–Kier alpha value is -0.680. The Labute approximate surface area is 126 Å². The fourth-order valence-electron chi connectivity index (χ4n) is 2.14. The number of aliphatic hydroxyl groups is 1. The summed E-state index contributed by atoms with van der Waals surface area (Å²) in [7, 11) is 0. The molecule has 0 radical (unpaired) electrons. The molecule has 1 aromatic heterocycles. The maximum Gasteiger partial charge on any atom is 0.0973 e. The van der Waals surface area contributed by atoms with Gasteiger partial charge in [-0.3, -0.25) is 0 Å². The summed E-state index contributed by atoms with van der Waals surface area (Å²) in [6, 6.07) is 8.23. The second kappa shape index (κ2) is 6.18. The second-order valence-corrected chi connectivity index (χ2v) is 6.57. The van der Waals surface area contributed by atoms with Crippen LogP contribution in [-0.2, 0) is 0 Å². The van der Waals surface area contributed by atoms with Gasteiger partial charge in [0.25, 0.3) is 0 Å². The van der Waals surface area contributed by atoms with E-state index in [0.717, 1.165) is 14.9 Å². The van der Waals surface area contributed by atoms with Crippen LogP contribution in [0.4, 0.5) is 0 Å². The summed E-state index contributed by atoms with van der Waals surface area (Å²) in [6.45, 7) is 4.59. The number of aliphatic hydroxyl groups excluding tert-OH is 1. The highest BCUT2D eigenvalue weighted by Crippen LogP contribution is 2.37. The van der Waals surface area contributed by atoms with Gasteiger partial charge >= 0.3 is 0 Å². The predicted molar refractivity (Wildman–Crippen MR) is 84.7 cm³/mol. The molecule has 0 saturated carbocycles. The van der Waals surface area contributed by atoms with Crippen molar-refractivity contribution in [2.24, 2.45) is 5.73 Å². The monoisotopic (exact) mass is 339 g/mol. The molecule has 0 aliphatic rings. The van der Waals surface area contributed by atoms with Crippen LogP contribution in [0.25, 0.3) is 0 Å². The average Bonchev–Trinajstić information content (AvgIpc) is 2.80. The van der Waals surface area contributed by atoms with Crippen LogP contribution in [-0.4, -0.2) is 11.7 Å². The predicted octanol–water partition coefficient (Wildman–Crippen LogP) is 3.90. The van der Waals surface area contributed by atoms with Crippen molar-refractivity contribution in [1.29, 1.82) is 0 Å². The van der Waals surface area contributed by atoms with Crippen molar-refractivity contribution >= 4 is 27.3 Å². The van der Waals surface area contributed by atoms with Gasteiger partial charge in [-0.15, -0.1) is 11.3 Å². The topological polar surface area (TPSA) is 46.2 Å². The Morgan fingerprint density at radius 1 is 1.26 bits per heavy atom. The van der Waals surface area contributed by atoms with Gasteiger partial charge in [0.05, 0.1) is 6.10 Å². The summed E-state index contributed by atoms with van der Waals surface area (Å²) >= 11 is 5.02. The summed E-state index contributed by atoms with van der Waals surface area (Å²) in [5, 5.41) is 12.5. The maximum atomic E-state index is 10.6. The standard InChI is InChI=1S/C15H18BrNOS/c1-9-3-4-11(7-10(9)2)12(8-17)14(18)15-13(16)5-6-19-15/h3-7,12,14,18H,8,17H2,1-2H3. The normalized spacial score (nSPS) is 14.4. The minimum atomic E-state index is -0.568. The zero-order valence-electron chi connectivity index (χ0n) is 11.1. The first-order valence-corrected chi connectivity index (χ1v) is 7.90. The first-order valence-electron chi connectivity index (χ1n) is 6.22. The number of thiophene rings is 1. The summed E-state index contributed by atoms with van der Waals surface area (Å²) in [6.07, 6.45) is -0.568. The van der Waals surface area contributed by atoms with E-state index in [4.69, 9.17) is 5.73 Å². The van der Waals surface area contributed by atoms with Crippen LogP contribution >= 0.6 is 27.3 Å². The third-order valence-electron chi connectivity index (χ3n) is 3.51. The molecule has 4 heteroatoms. The van der Waals surface area contributed by atoms with E-state index in [0.29, 0.717) is 6.54 Å². The fraction of sp³-hybridized carbons (Fsp3) is 0.333. The molecule has 0 aliphatic carbocycles. The van der Waals surface area contributed by atoms with E-state index in [-0.39, 0.29) is 5.92 Å². The molecule has 1 heterocycles. The van der Waals surface area contributed by atoms with Crippen molar-refractivity contribution < 1.29 is 5.11 Å². The molecule has 0 aliphatic heterocycles. The molecule has 0 spiro atoms. The Morgan fingerprint density at radius 2 is 2.00 bits per heavy atom. The zero-order chi connectivity index (χ0) is 14.0. The van der Waals surface area contributed by atoms with E-state index in [2.05, 4.69) is 48.0 Å². The van der Waals surface area contributed by atoms with E-state index in [9.17, 15) is 5.11 Å². The van der Waals surface area contributed by atoms with E-state index < -0.39 is 6.10 Å². The minimum absolute atomic E-state index is 0.0748. The number of hydrogen-bond acceptors (Lipinski definition) is 3. The number of rotatable bonds is 4. The SMILES string of the molecule is Cc1ccc(C(CN)C(O)c2sccc2Br)cc1C. The van der Waals surface area contributed by atoms with Gasteiger partial charge < -0.3 is 10.8 Å². The van der Waals surface area contributed by atoms with Crippen LogP contribution in [0.5, 0.6) is 0 Å². The van der Waals surface area contributed by atoms with Crippen LogP contribution in [0.15, 0.2) is 34.1 Å². The van der Waals surface area contributed by atoms with Crippen LogP contribution in [0.2, 0.25) is 0 Å². The van der Waals surface area contributed by atoms with Crippen molar-refractivity contribution in [3.05, 3.63) is 55.7 Å². The van der Waals surface area contributed by atoms with Crippen LogP contribution < -0.4 is 5.73 Å². The smallest absolute Gasteiger partial charge is 0.0973 e. The molecular weight excluding hydrogens is 322 g/mol. The number of hydrogen-bond donors (Lipinski definition) is 2. The minimum Gasteiger partial charge on any atom is -0.387 e. The number of nitrogens with two attached hydrogens (primary N) is 1. The van der Waals surface area contributed by atoms with Gasteiger partial charge in [-0.2, -0.15) is 0 Å². The van der Waals surface area contributed by atoms with Gasteiger partial charge in [0.2, 0.25) is 0 Å². The molecule has 19 heavy (non-hydrogen) atoms. The third-order valence-corrected chi connectivity index (χ3v) is 5.45. The molecule has 2 aromatic rings. The van der Waals surface area contributed by atoms with Crippen LogP contribution in [0.1, 0.15) is 33.6 Å².